The average molecular weight is 344 g/mol. The SMILES string of the molecule is CCN1c2ccccc2N2Cc3ccc4c(c3[C@@]12C)OC1CCC=CC41. The number of hydrogen-bond acceptors (Lipinski definition) is 3. The minimum absolute atomic E-state index is 0.156. The van der Waals surface area contributed by atoms with Gasteiger partial charge in [-0.3, -0.25) is 0 Å². The summed E-state index contributed by atoms with van der Waals surface area (Å²) in [6.45, 7) is 6.58. The van der Waals surface area contributed by atoms with Crippen LogP contribution in [0.4, 0.5) is 11.4 Å². The second-order valence-electron chi connectivity index (χ2n) is 8.05. The minimum Gasteiger partial charge on any atom is -0.489 e. The summed E-state index contributed by atoms with van der Waals surface area (Å²) in [6, 6.07) is 13.5. The molecule has 0 aromatic heterocycles. The number of para-hydroxylation sites is 2. The van der Waals surface area contributed by atoms with Crippen molar-refractivity contribution in [2.45, 2.75) is 50.9 Å². The summed E-state index contributed by atoms with van der Waals surface area (Å²) in [5, 5.41) is 0. The Balaban J connectivity index is 1.57. The van der Waals surface area contributed by atoms with E-state index in [1.54, 1.807) is 0 Å². The lowest BCUT2D eigenvalue weighted by Gasteiger charge is -2.39. The van der Waals surface area contributed by atoms with Gasteiger partial charge >= 0.3 is 0 Å². The maximum absolute atomic E-state index is 6.61. The normalized spacial score (nSPS) is 29.8. The predicted molar refractivity (Wildman–Crippen MR) is 105 cm³/mol. The summed E-state index contributed by atoms with van der Waals surface area (Å²) in [5.41, 5.74) is 6.74. The second-order valence-corrected chi connectivity index (χ2v) is 8.05. The maximum atomic E-state index is 6.61. The molecule has 3 heteroatoms. The molecular formula is C23H24N2O. The monoisotopic (exact) mass is 344 g/mol. The van der Waals surface area contributed by atoms with E-state index in [0.29, 0.717) is 12.0 Å². The van der Waals surface area contributed by atoms with Gasteiger partial charge in [-0.2, -0.15) is 0 Å². The third-order valence-corrected chi connectivity index (χ3v) is 6.90. The van der Waals surface area contributed by atoms with Crippen LogP contribution in [0.2, 0.25) is 0 Å². The minimum atomic E-state index is -0.156. The molecule has 2 aromatic carbocycles. The average Bonchev–Trinajstić information content (AvgIpc) is 3.25. The third kappa shape index (κ3) is 1.56. The van der Waals surface area contributed by atoms with Crippen LogP contribution < -0.4 is 14.5 Å². The fraction of sp³-hybridized carbons (Fsp3) is 0.391. The quantitative estimate of drug-likeness (QED) is 0.683. The first kappa shape index (κ1) is 14.7. The first-order chi connectivity index (χ1) is 12.7. The molecule has 6 rings (SSSR count). The molecule has 2 unspecified atom stereocenters. The molecule has 0 saturated heterocycles. The number of benzene rings is 2. The van der Waals surface area contributed by atoms with Gasteiger partial charge < -0.3 is 14.5 Å². The summed E-state index contributed by atoms with van der Waals surface area (Å²) in [4.78, 5) is 5.12. The molecule has 3 heterocycles. The molecule has 0 radical (unpaired) electrons. The lowest BCUT2D eigenvalue weighted by atomic mass is 9.86. The van der Waals surface area contributed by atoms with E-state index in [1.165, 1.54) is 33.8 Å². The van der Waals surface area contributed by atoms with Crippen molar-refractivity contribution < 1.29 is 4.74 Å². The number of ether oxygens (including phenoxy) is 1. The van der Waals surface area contributed by atoms with E-state index >= 15 is 0 Å². The smallest absolute Gasteiger partial charge is 0.141 e. The highest BCUT2D eigenvalue weighted by atomic mass is 16.5. The van der Waals surface area contributed by atoms with Crippen molar-refractivity contribution in [2.75, 3.05) is 16.3 Å². The Kier molecular flexibility index (Phi) is 2.74. The van der Waals surface area contributed by atoms with Crippen molar-refractivity contribution in [3.05, 3.63) is 65.2 Å². The van der Waals surface area contributed by atoms with Gasteiger partial charge in [-0.15, -0.1) is 0 Å². The van der Waals surface area contributed by atoms with Crippen molar-refractivity contribution in [3.8, 4) is 5.75 Å². The topological polar surface area (TPSA) is 15.7 Å². The lowest BCUT2D eigenvalue weighted by Crippen LogP contribution is -2.48. The zero-order valence-electron chi connectivity index (χ0n) is 15.4. The van der Waals surface area contributed by atoms with E-state index in [-0.39, 0.29) is 5.66 Å². The molecule has 3 aliphatic heterocycles. The van der Waals surface area contributed by atoms with Gasteiger partial charge in [0.15, 0.2) is 0 Å². The van der Waals surface area contributed by atoms with Gasteiger partial charge in [-0.05, 0) is 44.4 Å². The Hall–Kier alpha value is -2.42. The first-order valence-corrected chi connectivity index (χ1v) is 9.87. The van der Waals surface area contributed by atoms with Crippen molar-refractivity contribution in [1.82, 2.24) is 0 Å². The van der Waals surface area contributed by atoms with E-state index in [1.807, 2.05) is 0 Å². The Morgan fingerprint density at radius 1 is 1.15 bits per heavy atom. The lowest BCUT2D eigenvalue weighted by molar-refractivity contribution is 0.200. The van der Waals surface area contributed by atoms with Crippen LogP contribution in [0.15, 0.2) is 48.6 Å². The predicted octanol–water partition coefficient (Wildman–Crippen LogP) is 4.91. The number of allylic oxidation sites excluding steroid dienone is 1. The number of hydrogen-bond donors (Lipinski definition) is 0. The zero-order chi connectivity index (χ0) is 17.5. The van der Waals surface area contributed by atoms with Crippen LogP contribution in [-0.4, -0.2) is 12.6 Å². The van der Waals surface area contributed by atoms with Crippen LogP contribution in [0.5, 0.6) is 5.75 Å². The number of fused-ring (bicyclic) bond motifs is 9. The molecule has 26 heavy (non-hydrogen) atoms. The second kappa shape index (κ2) is 4.85. The summed E-state index contributed by atoms with van der Waals surface area (Å²) < 4.78 is 6.61. The molecule has 0 amide bonds. The fourth-order valence-electron chi connectivity index (χ4n) is 5.77. The molecule has 0 N–H and O–H groups in total. The molecule has 0 saturated carbocycles. The highest BCUT2D eigenvalue weighted by Crippen LogP contribution is 2.59. The Morgan fingerprint density at radius 2 is 2.00 bits per heavy atom. The van der Waals surface area contributed by atoms with E-state index in [0.717, 1.165) is 25.9 Å². The van der Waals surface area contributed by atoms with Crippen molar-refractivity contribution in [2.24, 2.45) is 0 Å². The first-order valence-electron chi connectivity index (χ1n) is 9.87. The van der Waals surface area contributed by atoms with Crippen molar-refractivity contribution >= 4 is 11.4 Å². The van der Waals surface area contributed by atoms with Gasteiger partial charge in [-0.25, -0.2) is 0 Å². The summed E-state index contributed by atoms with van der Waals surface area (Å²) in [7, 11) is 0. The number of nitrogens with zero attached hydrogens (tertiary/aromatic N) is 2. The van der Waals surface area contributed by atoms with Crippen LogP contribution in [0.1, 0.15) is 49.3 Å². The number of anilines is 2. The standard InChI is InChI=1S/C23H24N2O/c1-3-24-18-9-5-6-10-19(18)25-14-15-12-13-17-16-8-4-7-11-20(16)26-22(17)21(15)23(24,25)2/h4-6,8-10,12-13,16,20H,3,7,11,14H2,1-2H3/t16?,20?,23-/m0/s1. The summed E-state index contributed by atoms with van der Waals surface area (Å²) >= 11 is 0. The molecule has 3 nitrogen and oxygen atoms in total. The molecule has 0 spiro atoms. The molecule has 3 atom stereocenters. The maximum Gasteiger partial charge on any atom is 0.141 e. The molecule has 2 aromatic rings. The van der Waals surface area contributed by atoms with Gasteiger partial charge in [0.1, 0.15) is 17.5 Å². The summed E-state index contributed by atoms with van der Waals surface area (Å²) in [6.07, 6.45) is 7.27. The van der Waals surface area contributed by atoms with Crippen molar-refractivity contribution in [1.29, 1.82) is 0 Å². The third-order valence-electron chi connectivity index (χ3n) is 6.90. The zero-order valence-corrected chi connectivity index (χ0v) is 15.4. The fourth-order valence-corrected chi connectivity index (χ4v) is 5.77. The van der Waals surface area contributed by atoms with Crippen LogP contribution in [0.3, 0.4) is 0 Å². The van der Waals surface area contributed by atoms with Crippen LogP contribution in [0, 0.1) is 0 Å². The Labute approximate surface area is 154 Å². The molecule has 4 aliphatic rings. The summed E-state index contributed by atoms with van der Waals surface area (Å²) in [5.74, 6) is 1.60. The van der Waals surface area contributed by atoms with Gasteiger partial charge in [0.2, 0.25) is 0 Å². The molecule has 1 aliphatic carbocycles. The Bertz CT molecular complexity index is 945. The van der Waals surface area contributed by atoms with E-state index in [2.05, 4.69) is 72.2 Å². The molecular weight excluding hydrogens is 320 g/mol. The van der Waals surface area contributed by atoms with Gasteiger partial charge in [-0.1, -0.05) is 36.4 Å². The van der Waals surface area contributed by atoms with Gasteiger partial charge in [0.25, 0.3) is 0 Å². The van der Waals surface area contributed by atoms with E-state index in [9.17, 15) is 0 Å². The highest BCUT2D eigenvalue weighted by Gasteiger charge is 2.54. The van der Waals surface area contributed by atoms with Crippen LogP contribution >= 0.6 is 0 Å². The largest absolute Gasteiger partial charge is 0.489 e. The highest BCUT2D eigenvalue weighted by molar-refractivity contribution is 5.83. The van der Waals surface area contributed by atoms with Crippen LogP contribution in [0.25, 0.3) is 0 Å². The van der Waals surface area contributed by atoms with E-state index < -0.39 is 0 Å². The number of rotatable bonds is 1. The molecule has 0 bridgehead atoms. The van der Waals surface area contributed by atoms with Gasteiger partial charge in [0, 0.05) is 30.1 Å². The van der Waals surface area contributed by atoms with Crippen LogP contribution in [-0.2, 0) is 12.2 Å². The van der Waals surface area contributed by atoms with Crippen molar-refractivity contribution in [3.63, 3.8) is 0 Å². The molecule has 132 valence electrons. The Morgan fingerprint density at radius 3 is 2.85 bits per heavy atom. The van der Waals surface area contributed by atoms with E-state index in [4.69, 9.17) is 4.74 Å². The molecule has 0 fully saturated rings. The van der Waals surface area contributed by atoms with Gasteiger partial charge in [0.05, 0.1) is 11.4 Å².